The Balaban J connectivity index is 1.74. The van der Waals surface area contributed by atoms with Crippen LogP contribution in [0.4, 0.5) is 0 Å². The van der Waals surface area contributed by atoms with Gasteiger partial charge in [0, 0.05) is 29.1 Å². The molecule has 0 fully saturated rings. The second-order valence-corrected chi connectivity index (χ2v) is 13.1. The normalized spacial score (nSPS) is 12.6. The zero-order valence-electron chi connectivity index (χ0n) is 23.7. The number of carboxylic acids is 1. The number of H-pyrrole nitrogens is 1. The number of nitrogens with one attached hydrogen (secondary N) is 1. The lowest BCUT2D eigenvalue weighted by atomic mass is 9.78. The Hall–Kier alpha value is -3.27. The molecule has 204 valence electrons. The molecule has 3 heterocycles. The first-order chi connectivity index (χ1) is 17.6. The highest BCUT2D eigenvalue weighted by molar-refractivity contribution is 7.99. The van der Waals surface area contributed by atoms with Crippen LogP contribution in [0.1, 0.15) is 87.3 Å². The fourth-order valence-electron chi connectivity index (χ4n) is 4.73. The van der Waals surface area contributed by atoms with Crippen molar-refractivity contribution in [2.75, 3.05) is 5.75 Å². The first-order valence-corrected chi connectivity index (χ1v) is 13.8. The quantitative estimate of drug-likeness (QED) is 0.261. The topological polar surface area (TPSA) is 121 Å². The summed E-state index contributed by atoms with van der Waals surface area (Å²) < 4.78 is 3.61. The van der Waals surface area contributed by atoms with Crippen LogP contribution in [0.2, 0.25) is 0 Å². The number of rotatable bonds is 7. The molecule has 0 bridgehead atoms. The number of phenolic OH excluding ortho intramolecular Hbond substituents is 1. The van der Waals surface area contributed by atoms with E-state index in [1.165, 1.54) is 11.8 Å². The Kier molecular flexibility index (Phi) is 7.16. The van der Waals surface area contributed by atoms with E-state index in [9.17, 15) is 9.90 Å². The van der Waals surface area contributed by atoms with E-state index in [1.54, 1.807) is 4.52 Å². The number of benzene rings is 1. The first kappa shape index (κ1) is 27.8. The number of aromatic nitrogens is 6. The Morgan fingerprint density at radius 3 is 2.18 bits per heavy atom. The third-order valence-corrected chi connectivity index (χ3v) is 8.01. The van der Waals surface area contributed by atoms with Gasteiger partial charge in [0.15, 0.2) is 5.65 Å². The number of aryl methyl sites for hydroxylation is 2. The van der Waals surface area contributed by atoms with E-state index in [0.717, 1.165) is 44.2 Å². The van der Waals surface area contributed by atoms with Crippen molar-refractivity contribution in [3.05, 3.63) is 51.5 Å². The number of thioether (sulfide) groups is 1. The Morgan fingerprint density at radius 1 is 1.03 bits per heavy atom. The lowest BCUT2D eigenvalue weighted by molar-refractivity contribution is -0.136. The molecule has 38 heavy (non-hydrogen) atoms. The third kappa shape index (κ3) is 5.18. The molecule has 0 unspecified atom stereocenters. The van der Waals surface area contributed by atoms with Gasteiger partial charge in [-0.2, -0.15) is 9.61 Å². The summed E-state index contributed by atoms with van der Waals surface area (Å²) in [4.78, 5) is 11.8. The molecule has 0 aliphatic heterocycles. The van der Waals surface area contributed by atoms with E-state index in [0.29, 0.717) is 29.5 Å². The summed E-state index contributed by atoms with van der Waals surface area (Å²) in [7, 11) is 0. The van der Waals surface area contributed by atoms with Crippen LogP contribution in [0.3, 0.4) is 0 Å². The second-order valence-electron chi connectivity index (χ2n) is 12.0. The van der Waals surface area contributed by atoms with Crippen LogP contribution >= 0.6 is 11.8 Å². The fourth-order valence-corrected chi connectivity index (χ4v) is 5.74. The van der Waals surface area contributed by atoms with Gasteiger partial charge in [-0.05, 0) is 48.3 Å². The highest BCUT2D eigenvalue weighted by Crippen LogP contribution is 2.40. The van der Waals surface area contributed by atoms with Gasteiger partial charge in [-0.3, -0.25) is 9.89 Å². The second kappa shape index (κ2) is 9.80. The zero-order chi connectivity index (χ0) is 28.2. The Bertz CT molecular complexity index is 1480. The summed E-state index contributed by atoms with van der Waals surface area (Å²) in [6.45, 7) is 18.7. The van der Waals surface area contributed by atoms with E-state index < -0.39 is 5.97 Å². The lowest BCUT2D eigenvalue weighted by Gasteiger charge is -2.28. The van der Waals surface area contributed by atoms with Gasteiger partial charge < -0.3 is 10.2 Å². The molecule has 4 aromatic rings. The Morgan fingerprint density at radius 2 is 1.63 bits per heavy atom. The largest absolute Gasteiger partial charge is 0.507 e. The number of aromatic amines is 1. The maximum atomic E-state index is 11.1. The van der Waals surface area contributed by atoms with Crippen molar-refractivity contribution in [3.63, 3.8) is 0 Å². The molecule has 9 nitrogen and oxygen atoms in total. The van der Waals surface area contributed by atoms with Crippen molar-refractivity contribution in [2.45, 2.75) is 90.9 Å². The average molecular weight is 539 g/mol. The minimum absolute atomic E-state index is 0.0778. The number of aliphatic carboxylic acids is 1. The molecule has 3 N–H and O–H groups in total. The number of hydrogen-bond donors (Lipinski definition) is 3. The van der Waals surface area contributed by atoms with Crippen molar-refractivity contribution < 1.29 is 15.0 Å². The molecule has 0 aliphatic rings. The molecule has 1 aromatic carbocycles. The molecule has 0 spiro atoms. The number of aromatic hydroxyl groups is 1. The van der Waals surface area contributed by atoms with Crippen LogP contribution in [0.25, 0.3) is 11.6 Å². The van der Waals surface area contributed by atoms with E-state index >= 15 is 0 Å². The molecular formula is C28H38N6O3S. The summed E-state index contributed by atoms with van der Waals surface area (Å²) in [5, 5.41) is 37.0. The van der Waals surface area contributed by atoms with Crippen molar-refractivity contribution >= 4 is 23.4 Å². The number of hydrogen-bond acceptors (Lipinski definition) is 6. The molecular weight excluding hydrogens is 500 g/mol. The van der Waals surface area contributed by atoms with Gasteiger partial charge in [-0.25, -0.2) is 4.68 Å². The minimum Gasteiger partial charge on any atom is -0.507 e. The number of nitrogens with zero attached hydrogens (tertiary/aromatic N) is 5. The average Bonchev–Trinajstić information content (AvgIpc) is 3.41. The zero-order valence-corrected chi connectivity index (χ0v) is 24.5. The van der Waals surface area contributed by atoms with Gasteiger partial charge in [0.05, 0.1) is 17.0 Å². The van der Waals surface area contributed by atoms with Crippen LogP contribution in [0.15, 0.2) is 17.0 Å². The fraction of sp³-hybridized carbons (Fsp3) is 0.500. The third-order valence-electron chi connectivity index (χ3n) is 6.83. The number of fused-ring (bicyclic) bond motifs is 1. The number of carboxylic acid groups (broad SMARTS) is 1. The summed E-state index contributed by atoms with van der Waals surface area (Å²) in [6.07, 6.45) is 0.750. The van der Waals surface area contributed by atoms with Gasteiger partial charge in [0.2, 0.25) is 0 Å². The summed E-state index contributed by atoms with van der Waals surface area (Å²) in [6, 6.07) is 4.23. The van der Waals surface area contributed by atoms with Crippen LogP contribution in [-0.4, -0.2) is 51.5 Å². The van der Waals surface area contributed by atoms with Crippen LogP contribution in [-0.2, 0) is 22.0 Å². The molecule has 0 radical (unpaired) electrons. The summed E-state index contributed by atoms with van der Waals surface area (Å²) >= 11 is 1.46. The van der Waals surface area contributed by atoms with Crippen molar-refractivity contribution in [2.24, 2.45) is 0 Å². The maximum absolute atomic E-state index is 11.1. The van der Waals surface area contributed by atoms with Crippen molar-refractivity contribution in [1.82, 2.24) is 29.6 Å². The molecule has 0 saturated heterocycles. The highest BCUT2D eigenvalue weighted by atomic mass is 32.2. The van der Waals surface area contributed by atoms with Gasteiger partial charge >= 0.3 is 5.97 Å². The molecule has 0 amide bonds. The SMILES string of the molecule is Cc1nn(-c2nnc3c(SCCC(=O)O)c(C)[nH]n23)c(C)c1Cc1cc(C(C)(C)C)c(O)c(C(C)(C)C)c1. The molecule has 10 heteroatoms. The van der Waals surface area contributed by atoms with E-state index in [1.807, 2.05) is 25.5 Å². The van der Waals surface area contributed by atoms with E-state index in [4.69, 9.17) is 10.2 Å². The maximum Gasteiger partial charge on any atom is 0.304 e. The molecule has 0 saturated carbocycles. The van der Waals surface area contributed by atoms with Gasteiger partial charge in [-0.1, -0.05) is 53.7 Å². The highest BCUT2D eigenvalue weighted by Gasteiger charge is 2.27. The molecule has 4 rings (SSSR count). The Labute approximate surface area is 227 Å². The monoisotopic (exact) mass is 538 g/mol. The number of carbonyl (C=O) groups is 1. The smallest absolute Gasteiger partial charge is 0.304 e. The molecule has 3 aromatic heterocycles. The van der Waals surface area contributed by atoms with Gasteiger partial charge in [0.25, 0.3) is 5.95 Å². The van der Waals surface area contributed by atoms with Crippen LogP contribution in [0, 0.1) is 20.8 Å². The first-order valence-electron chi connectivity index (χ1n) is 12.8. The standard InChI is InChI=1S/C28H38N6O3S/c1-15-19(12-18-13-20(27(4,5)6)23(37)21(14-18)28(7,8)9)17(3)33(31-15)26-30-29-25-24(16(2)32-34(25)26)38-11-10-22(35)36/h13-14,32,37H,10-12H2,1-9H3,(H,35,36). The molecule has 0 atom stereocenters. The predicted octanol–water partition coefficient (Wildman–Crippen LogP) is 5.63. The number of phenols is 1. The van der Waals surface area contributed by atoms with Crippen LogP contribution in [0.5, 0.6) is 5.75 Å². The van der Waals surface area contributed by atoms with Gasteiger partial charge in [-0.15, -0.1) is 22.0 Å². The van der Waals surface area contributed by atoms with Crippen molar-refractivity contribution in [1.29, 1.82) is 0 Å². The lowest BCUT2D eigenvalue weighted by Crippen LogP contribution is -2.18. The minimum atomic E-state index is -0.822. The van der Waals surface area contributed by atoms with E-state index in [2.05, 4.69) is 69.0 Å². The summed E-state index contributed by atoms with van der Waals surface area (Å²) in [5.74, 6) is 0.562. The predicted molar refractivity (Wildman–Crippen MR) is 150 cm³/mol. The van der Waals surface area contributed by atoms with Gasteiger partial charge in [0.1, 0.15) is 5.75 Å². The molecule has 0 aliphatic carbocycles. The van der Waals surface area contributed by atoms with Crippen molar-refractivity contribution in [3.8, 4) is 11.7 Å². The van der Waals surface area contributed by atoms with Crippen LogP contribution < -0.4 is 0 Å². The van der Waals surface area contributed by atoms with E-state index in [-0.39, 0.29) is 17.3 Å². The summed E-state index contributed by atoms with van der Waals surface area (Å²) in [5.41, 5.74) is 7.14.